The molecule has 1 rings (SSSR count). The third-order valence-electron chi connectivity index (χ3n) is 3.23. The molecular formula is C14H24N2. The summed E-state index contributed by atoms with van der Waals surface area (Å²) in [5, 5.41) is 3.25. The summed E-state index contributed by atoms with van der Waals surface area (Å²) in [6, 6.07) is 6.62. The lowest BCUT2D eigenvalue weighted by atomic mass is 10.0. The first kappa shape index (κ1) is 13.0. The number of nitrogens with one attached hydrogen (secondary N) is 1. The fourth-order valence-electron chi connectivity index (χ4n) is 2.06. The minimum absolute atomic E-state index is 0.120. The van der Waals surface area contributed by atoms with Gasteiger partial charge in [-0.15, -0.1) is 0 Å². The number of rotatable bonds is 4. The summed E-state index contributed by atoms with van der Waals surface area (Å²) < 4.78 is 0. The maximum absolute atomic E-state index is 3.25. The second-order valence-corrected chi connectivity index (χ2v) is 5.19. The molecule has 0 bridgehead atoms. The minimum Gasteiger partial charge on any atom is -0.368 e. The van der Waals surface area contributed by atoms with Crippen molar-refractivity contribution in [2.75, 3.05) is 25.5 Å². The van der Waals surface area contributed by atoms with Gasteiger partial charge >= 0.3 is 0 Å². The third-order valence-corrected chi connectivity index (χ3v) is 3.23. The molecule has 0 spiro atoms. The van der Waals surface area contributed by atoms with E-state index in [0.29, 0.717) is 0 Å². The smallest absolute Gasteiger partial charge is 0.0466 e. The van der Waals surface area contributed by atoms with E-state index in [1.165, 1.54) is 16.8 Å². The van der Waals surface area contributed by atoms with Crippen LogP contribution in [0, 0.1) is 13.8 Å². The molecule has 90 valence electrons. The maximum atomic E-state index is 3.25. The largest absolute Gasteiger partial charge is 0.368 e. The van der Waals surface area contributed by atoms with Gasteiger partial charge in [0.2, 0.25) is 0 Å². The fraction of sp³-hybridized carbons (Fsp3) is 0.571. The van der Waals surface area contributed by atoms with Crippen molar-refractivity contribution >= 4 is 5.69 Å². The first-order valence-electron chi connectivity index (χ1n) is 5.84. The molecule has 0 fully saturated rings. The Morgan fingerprint density at radius 3 is 2.38 bits per heavy atom. The number of aryl methyl sites for hydroxylation is 2. The molecule has 0 heterocycles. The quantitative estimate of drug-likeness (QED) is 0.839. The Morgan fingerprint density at radius 1 is 1.25 bits per heavy atom. The van der Waals surface area contributed by atoms with Crippen LogP contribution in [0.4, 0.5) is 5.69 Å². The van der Waals surface area contributed by atoms with Gasteiger partial charge in [0.25, 0.3) is 0 Å². The normalized spacial score (nSPS) is 11.6. The SMILES string of the molecule is CNCC(C)(C)N(C)c1ccc(C)cc1C. The third kappa shape index (κ3) is 2.76. The highest BCUT2D eigenvalue weighted by Crippen LogP contribution is 2.26. The first-order chi connectivity index (χ1) is 7.38. The van der Waals surface area contributed by atoms with E-state index < -0.39 is 0 Å². The number of nitrogens with zero attached hydrogens (tertiary/aromatic N) is 1. The molecule has 0 aromatic heterocycles. The van der Waals surface area contributed by atoms with Crippen LogP contribution in [0.15, 0.2) is 18.2 Å². The number of benzene rings is 1. The lowest BCUT2D eigenvalue weighted by molar-refractivity contribution is 0.462. The molecule has 1 N–H and O–H groups in total. The van der Waals surface area contributed by atoms with Gasteiger partial charge in [0.15, 0.2) is 0 Å². The lowest BCUT2D eigenvalue weighted by Gasteiger charge is -2.38. The van der Waals surface area contributed by atoms with Crippen molar-refractivity contribution in [3.05, 3.63) is 29.3 Å². The average molecular weight is 220 g/mol. The standard InChI is InChI=1S/C14H24N2/c1-11-7-8-13(12(2)9-11)16(6)14(3,4)10-15-5/h7-9,15H,10H2,1-6H3. The van der Waals surface area contributed by atoms with E-state index in [0.717, 1.165) is 6.54 Å². The summed E-state index contributed by atoms with van der Waals surface area (Å²) in [5.41, 5.74) is 4.09. The van der Waals surface area contributed by atoms with Crippen LogP contribution >= 0.6 is 0 Å². The van der Waals surface area contributed by atoms with Crippen molar-refractivity contribution in [2.45, 2.75) is 33.2 Å². The van der Waals surface area contributed by atoms with Crippen LogP contribution < -0.4 is 10.2 Å². The van der Waals surface area contributed by atoms with Crippen molar-refractivity contribution in [1.82, 2.24) is 5.32 Å². The Balaban J connectivity index is 3.00. The monoisotopic (exact) mass is 220 g/mol. The Morgan fingerprint density at radius 2 is 1.88 bits per heavy atom. The molecule has 0 aliphatic carbocycles. The van der Waals surface area contributed by atoms with Crippen LogP contribution in [0.1, 0.15) is 25.0 Å². The van der Waals surface area contributed by atoms with E-state index in [9.17, 15) is 0 Å². The van der Waals surface area contributed by atoms with Crippen molar-refractivity contribution < 1.29 is 0 Å². The molecule has 1 aromatic rings. The van der Waals surface area contributed by atoms with Gasteiger partial charge in [-0.05, 0) is 46.4 Å². The van der Waals surface area contributed by atoms with E-state index in [1.54, 1.807) is 0 Å². The fourth-order valence-corrected chi connectivity index (χ4v) is 2.06. The Labute approximate surface area is 99.7 Å². The van der Waals surface area contributed by atoms with E-state index in [4.69, 9.17) is 0 Å². The summed E-state index contributed by atoms with van der Waals surface area (Å²) in [6.45, 7) is 9.78. The highest BCUT2D eigenvalue weighted by Gasteiger charge is 2.23. The van der Waals surface area contributed by atoms with Gasteiger partial charge in [-0.1, -0.05) is 17.7 Å². The Bertz CT molecular complexity index is 356. The van der Waals surface area contributed by atoms with E-state index in [2.05, 4.69) is 63.2 Å². The Kier molecular flexibility index (Phi) is 3.98. The van der Waals surface area contributed by atoms with Crippen molar-refractivity contribution in [2.24, 2.45) is 0 Å². The molecule has 16 heavy (non-hydrogen) atoms. The molecule has 2 nitrogen and oxygen atoms in total. The zero-order valence-electron chi connectivity index (χ0n) is 11.4. The molecule has 0 saturated carbocycles. The predicted molar refractivity (Wildman–Crippen MR) is 72.3 cm³/mol. The van der Waals surface area contributed by atoms with E-state index >= 15 is 0 Å². The number of anilines is 1. The number of hydrogen-bond acceptors (Lipinski definition) is 2. The van der Waals surface area contributed by atoms with E-state index in [1.807, 2.05) is 7.05 Å². The zero-order valence-corrected chi connectivity index (χ0v) is 11.4. The highest BCUT2D eigenvalue weighted by atomic mass is 15.2. The van der Waals surface area contributed by atoms with Crippen molar-refractivity contribution in [1.29, 1.82) is 0 Å². The summed E-state index contributed by atoms with van der Waals surface area (Å²) in [6.07, 6.45) is 0. The number of hydrogen-bond donors (Lipinski definition) is 1. The maximum Gasteiger partial charge on any atom is 0.0466 e. The lowest BCUT2D eigenvalue weighted by Crippen LogP contribution is -2.48. The highest BCUT2D eigenvalue weighted by molar-refractivity contribution is 5.55. The van der Waals surface area contributed by atoms with Crippen LogP contribution in [0.3, 0.4) is 0 Å². The molecule has 0 radical (unpaired) electrons. The van der Waals surface area contributed by atoms with Crippen LogP contribution in [0.5, 0.6) is 0 Å². The first-order valence-corrected chi connectivity index (χ1v) is 5.84. The molecule has 1 aromatic carbocycles. The summed E-state index contributed by atoms with van der Waals surface area (Å²) in [5.74, 6) is 0. The van der Waals surface area contributed by atoms with Crippen LogP contribution in [0.2, 0.25) is 0 Å². The molecule has 0 unspecified atom stereocenters. The second-order valence-electron chi connectivity index (χ2n) is 5.19. The van der Waals surface area contributed by atoms with Gasteiger partial charge in [0.05, 0.1) is 0 Å². The molecule has 2 heteroatoms. The summed E-state index contributed by atoms with van der Waals surface area (Å²) in [4.78, 5) is 2.35. The molecule has 0 atom stereocenters. The van der Waals surface area contributed by atoms with E-state index in [-0.39, 0.29) is 5.54 Å². The van der Waals surface area contributed by atoms with Gasteiger partial charge < -0.3 is 10.2 Å². The van der Waals surface area contributed by atoms with Gasteiger partial charge in [0, 0.05) is 24.8 Å². The van der Waals surface area contributed by atoms with Gasteiger partial charge in [-0.25, -0.2) is 0 Å². The number of likely N-dealkylation sites (N-methyl/N-ethyl adjacent to an activating group) is 2. The summed E-state index contributed by atoms with van der Waals surface area (Å²) >= 11 is 0. The van der Waals surface area contributed by atoms with Gasteiger partial charge in [-0.2, -0.15) is 0 Å². The summed E-state index contributed by atoms with van der Waals surface area (Å²) in [7, 11) is 4.16. The predicted octanol–water partition coefficient (Wildman–Crippen LogP) is 2.74. The van der Waals surface area contributed by atoms with Gasteiger partial charge in [-0.3, -0.25) is 0 Å². The molecule has 0 saturated heterocycles. The average Bonchev–Trinajstić information content (AvgIpc) is 2.16. The molecule has 0 aliphatic heterocycles. The molecule has 0 amide bonds. The zero-order chi connectivity index (χ0) is 12.3. The topological polar surface area (TPSA) is 15.3 Å². The van der Waals surface area contributed by atoms with Crippen LogP contribution in [0.25, 0.3) is 0 Å². The van der Waals surface area contributed by atoms with Crippen molar-refractivity contribution in [3.8, 4) is 0 Å². The van der Waals surface area contributed by atoms with Crippen molar-refractivity contribution in [3.63, 3.8) is 0 Å². The minimum atomic E-state index is 0.120. The second kappa shape index (κ2) is 4.88. The van der Waals surface area contributed by atoms with Crippen LogP contribution in [-0.4, -0.2) is 26.2 Å². The Hall–Kier alpha value is -1.02. The molecular weight excluding hydrogens is 196 g/mol. The van der Waals surface area contributed by atoms with Crippen LogP contribution in [-0.2, 0) is 0 Å². The molecule has 0 aliphatic rings. The van der Waals surface area contributed by atoms with Gasteiger partial charge in [0.1, 0.15) is 0 Å².